The van der Waals surface area contributed by atoms with Crippen LogP contribution in [0.3, 0.4) is 0 Å². The third-order valence-corrected chi connectivity index (χ3v) is 6.32. The van der Waals surface area contributed by atoms with Crippen molar-refractivity contribution in [3.05, 3.63) is 34.9 Å². The zero-order chi connectivity index (χ0) is 20.8. The highest BCUT2D eigenvalue weighted by atomic mass is 35.5. The molecule has 0 aromatic heterocycles. The zero-order valence-electron chi connectivity index (χ0n) is 17.4. The first-order valence-corrected chi connectivity index (χ1v) is 11.3. The lowest BCUT2D eigenvalue weighted by Crippen LogP contribution is -2.20. The monoisotopic (exact) mass is 424 g/mol. The van der Waals surface area contributed by atoms with Gasteiger partial charge in [-0.3, -0.25) is 0 Å². The minimum atomic E-state index is -0.982. The molecular weight excluding hydrogens is 394 g/mol. The van der Waals surface area contributed by atoms with Crippen molar-refractivity contribution in [2.24, 2.45) is 11.8 Å². The Labute approximate surface area is 177 Å². The summed E-state index contributed by atoms with van der Waals surface area (Å²) in [5.41, 5.74) is 0. The van der Waals surface area contributed by atoms with Gasteiger partial charge in [-0.05, 0) is 48.6 Å². The fraction of sp³-hybridized carbons (Fsp3) is 0.583. The normalized spacial score (nSPS) is 19.5. The van der Waals surface area contributed by atoms with E-state index in [1.54, 1.807) is 12.1 Å². The summed E-state index contributed by atoms with van der Waals surface area (Å²) in [5, 5.41) is 0.666. The van der Waals surface area contributed by atoms with E-state index in [0.717, 1.165) is 31.6 Å². The van der Waals surface area contributed by atoms with Crippen LogP contribution in [-0.2, 0) is 0 Å². The van der Waals surface area contributed by atoms with E-state index < -0.39 is 11.6 Å². The fourth-order valence-corrected chi connectivity index (χ4v) is 4.49. The van der Waals surface area contributed by atoms with Gasteiger partial charge in [-0.15, -0.1) is 0 Å². The van der Waals surface area contributed by atoms with Crippen molar-refractivity contribution in [1.82, 2.24) is 0 Å². The van der Waals surface area contributed by atoms with Gasteiger partial charge in [0, 0.05) is 5.39 Å². The van der Waals surface area contributed by atoms with Crippen molar-refractivity contribution >= 4 is 22.4 Å². The van der Waals surface area contributed by atoms with Gasteiger partial charge in [0.05, 0.1) is 18.2 Å². The molecule has 2 aromatic carbocycles. The quantitative estimate of drug-likeness (QED) is 0.380. The number of ether oxygens (including phenoxy) is 2. The zero-order valence-corrected chi connectivity index (χ0v) is 18.2. The van der Waals surface area contributed by atoms with E-state index in [1.165, 1.54) is 31.7 Å². The number of hydrogen-bond acceptors (Lipinski definition) is 2. The summed E-state index contributed by atoms with van der Waals surface area (Å²) in [4.78, 5) is 0. The van der Waals surface area contributed by atoms with Gasteiger partial charge in [-0.2, -0.15) is 4.39 Å². The van der Waals surface area contributed by atoms with Crippen molar-refractivity contribution in [2.75, 3.05) is 13.2 Å². The maximum Gasteiger partial charge on any atom is 0.201 e. The molecule has 0 amide bonds. The molecule has 0 aliphatic heterocycles. The van der Waals surface area contributed by atoms with Crippen molar-refractivity contribution < 1.29 is 18.3 Å². The average molecular weight is 425 g/mol. The van der Waals surface area contributed by atoms with Gasteiger partial charge < -0.3 is 9.47 Å². The lowest BCUT2D eigenvalue weighted by molar-refractivity contribution is 0.173. The third-order valence-electron chi connectivity index (χ3n) is 5.95. The molecule has 0 unspecified atom stereocenters. The van der Waals surface area contributed by atoms with Gasteiger partial charge in [-0.1, -0.05) is 63.6 Å². The summed E-state index contributed by atoms with van der Waals surface area (Å²) >= 11 is 6.32. The number of hydrogen-bond donors (Lipinski definition) is 0. The van der Waals surface area contributed by atoms with Gasteiger partial charge in [0.1, 0.15) is 5.75 Å². The Kier molecular flexibility index (Phi) is 7.99. The topological polar surface area (TPSA) is 18.5 Å². The fourth-order valence-electron chi connectivity index (χ4n) is 4.18. The number of benzene rings is 2. The Balaban J connectivity index is 1.71. The molecule has 0 saturated heterocycles. The molecule has 2 aromatic rings. The first kappa shape index (κ1) is 22.1. The maximum absolute atomic E-state index is 14.8. The summed E-state index contributed by atoms with van der Waals surface area (Å²) in [6.45, 7) is 5.19. The molecule has 0 bridgehead atoms. The molecule has 0 atom stereocenters. The highest BCUT2D eigenvalue weighted by Crippen LogP contribution is 2.39. The number of fused-ring (bicyclic) bond motifs is 1. The Hall–Kier alpha value is -1.55. The van der Waals surface area contributed by atoms with E-state index in [0.29, 0.717) is 30.3 Å². The van der Waals surface area contributed by atoms with Crippen LogP contribution >= 0.6 is 11.6 Å². The lowest BCUT2D eigenvalue weighted by Gasteiger charge is -2.28. The van der Waals surface area contributed by atoms with Gasteiger partial charge >= 0.3 is 0 Å². The Morgan fingerprint density at radius 2 is 1.66 bits per heavy atom. The van der Waals surface area contributed by atoms with Crippen LogP contribution < -0.4 is 9.47 Å². The largest absolute Gasteiger partial charge is 0.492 e. The van der Waals surface area contributed by atoms with E-state index in [4.69, 9.17) is 21.1 Å². The summed E-state index contributed by atoms with van der Waals surface area (Å²) in [5.74, 6) is -0.411. The Morgan fingerprint density at radius 3 is 2.34 bits per heavy atom. The maximum atomic E-state index is 14.8. The highest BCUT2D eigenvalue weighted by Gasteiger charge is 2.23. The molecule has 3 rings (SSSR count). The summed E-state index contributed by atoms with van der Waals surface area (Å²) in [6, 6.07) is 4.95. The predicted octanol–water partition coefficient (Wildman–Crippen LogP) is 7.94. The molecule has 1 aliphatic carbocycles. The molecular formula is C24H31ClF2O2. The molecule has 0 radical (unpaired) electrons. The molecule has 1 fully saturated rings. The van der Waals surface area contributed by atoms with Gasteiger partial charge in [0.15, 0.2) is 11.6 Å². The van der Waals surface area contributed by atoms with Crippen molar-refractivity contribution in [1.29, 1.82) is 0 Å². The van der Waals surface area contributed by atoms with Gasteiger partial charge in [-0.25, -0.2) is 4.39 Å². The summed E-state index contributed by atoms with van der Waals surface area (Å²) < 4.78 is 40.8. The molecule has 29 heavy (non-hydrogen) atoms. The molecule has 2 nitrogen and oxygen atoms in total. The van der Waals surface area contributed by atoms with Gasteiger partial charge in [0.25, 0.3) is 0 Å². The smallest absolute Gasteiger partial charge is 0.201 e. The van der Waals surface area contributed by atoms with E-state index >= 15 is 0 Å². The number of rotatable bonds is 9. The minimum absolute atomic E-state index is 0.0404. The summed E-state index contributed by atoms with van der Waals surface area (Å²) in [6.07, 6.45) is 8.94. The van der Waals surface area contributed by atoms with Crippen LogP contribution in [0.1, 0.15) is 65.2 Å². The minimum Gasteiger partial charge on any atom is -0.492 e. The second kappa shape index (κ2) is 10.5. The molecule has 0 heterocycles. The first-order valence-electron chi connectivity index (χ1n) is 10.9. The Bertz CT molecular complexity index is 816. The lowest BCUT2D eigenvalue weighted by atomic mass is 9.80. The molecule has 5 heteroatoms. The van der Waals surface area contributed by atoms with E-state index in [2.05, 4.69) is 13.8 Å². The summed E-state index contributed by atoms with van der Waals surface area (Å²) in [7, 11) is 0. The molecule has 1 saturated carbocycles. The van der Waals surface area contributed by atoms with Crippen molar-refractivity contribution in [2.45, 2.75) is 65.2 Å². The molecule has 160 valence electrons. The second-order valence-corrected chi connectivity index (χ2v) is 8.54. The predicted molar refractivity (Wildman–Crippen MR) is 115 cm³/mol. The van der Waals surface area contributed by atoms with Crippen LogP contribution in [0.2, 0.25) is 5.02 Å². The van der Waals surface area contributed by atoms with E-state index in [-0.39, 0.29) is 16.2 Å². The molecule has 0 spiro atoms. The van der Waals surface area contributed by atoms with Gasteiger partial charge in [0.2, 0.25) is 5.82 Å². The number of halogens is 3. The van der Waals surface area contributed by atoms with Crippen molar-refractivity contribution in [3.8, 4) is 11.5 Å². The molecule has 0 N–H and O–H groups in total. The van der Waals surface area contributed by atoms with Crippen molar-refractivity contribution in [3.63, 3.8) is 0 Å². The average Bonchev–Trinajstić information content (AvgIpc) is 2.72. The standard InChI is InChI=1S/C24H31ClF2O2/c1-3-5-13-28-19-12-11-18-14-20(23(26)24(27)21(18)22(19)25)29-15-17-9-7-16(6-4-2)8-10-17/h11-12,14,16-17H,3-10,13,15H2,1-2H3. The van der Waals surface area contributed by atoms with Crippen LogP contribution in [0.25, 0.3) is 10.8 Å². The van der Waals surface area contributed by atoms with Crippen LogP contribution in [0.4, 0.5) is 8.78 Å². The Morgan fingerprint density at radius 1 is 0.931 bits per heavy atom. The second-order valence-electron chi connectivity index (χ2n) is 8.17. The van der Waals surface area contributed by atoms with Crippen LogP contribution in [0, 0.1) is 23.5 Å². The third kappa shape index (κ3) is 5.33. The SMILES string of the molecule is CCCCOc1ccc2cc(OCC3CCC(CCC)CC3)c(F)c(F)c2c1Cl. The van der Waals surface area contributed by atoms with Crippen LogP contribution in [0.5, 0.6) is 11.5 Å². The first-order chi connectivity index (χ1) is 14.0. The molecule has 1 aliphatic rings. The van der Waals surface area contributed by atoms with E-state index in [9.17, 15) is 8.78 Å². The van der Waals surface area contributed by atoms with E-state index in [1.807, 2.05) is 0 Å². The number of unbranched alkanes of at least 4 members (excludes halogenated alkanes) is 1. The van der Waals surface area contributed by atoms with Crippen LogP contribution in [0.15, 0.2) is 18.2 Å². The van der Waals surface area contributed by atoms with Crippen LogP contribution in [-0.4, -0.2) is 13.2 Å². The highest BCUT2D eigenvalue weighted by molar-refractivity contribution is 6.37.